The second-order valence-electron chi connectivity index (χ2n) is 4.10. The Bertz CT molecular complexity index is 504. The Morgan fingerprint density at radius 1 is 0.480 bits per heavy atom. The van der Waals surface area contributed by atoms with E-state index < -0.39 is 21.7 Å². The van der Waals surface area contributed by atoms with Gasteiger partial charge in [0.1, 0.15) is 12.9 Å². The Kier molecular flexibility index (Phi) is 13.3. The fourth-order valence-corrected chi connectivity index (χ4v) is 13.5. The summed E-state index contributed by atoms with van der Waals surface area (Å²) in [5.41, 5.74) is 0. The maximum atomic E-state index is 10.9. The van der Waals surface area contributed by atoms with Gasteiger partial charge < -0.3 is 4.74 Å². The van der Waals surface area contributed by atoms with Crippen LogP contribution in [0.3, 0.4) is 0 Å². The molecule has 0 aliphatic carbocycles. The molecule has 0 aromatic rings. The average Bonchev–Trinajstić information content (AvgIpc) is 2.35. The van der Waals surface area contributed by atoms with Gasteiger partial charge in [0.2, 0.25) is 3.42 Å². The first kappa shape index (κ1) is 31.7. The Hall–Kier alpha value is 6.67. The van der Waals surface area contributed by atoms with Gasteiger partial charge in [-0.3, -0.25) is 4.79 Å². The maximum Gasteiger partial charge on any atom is 0.295 e. The van der Waals surface area contributed by atoms with Crippen molar-refractivity contribution in [1.82, 2.24) is 0 Å². The van der Waals surface area contributed by atoms with E-state index in [0.717, 1.165) is 0 Å². The van der Waals surface area contributed by atoms with Gasteiger partial charge in [0.15, 0.2) is 5.38 Å². The van der Waals surface area contributed by atoms with Crippen LogP contribution in [0.4, 0.5) is 0 Å². The molecular weight excluding hydrogens is 1330 g/mol. The Morgan fingerprint density at radius 3 is 1.04 bits per heavy atom. The predicted octanol–water partition coefficient (Wildman–Crippen LogP) is 10.9. The number of alkyl halides is 15. The number of carbonyl (C=O) groups is 1. The van der Waals surface area contributed by atoms with Crippen molar-refractivity contribution < 1.29 is 9.53 Å². The van der Waals surface area contributed by atoms with Gasteiger partial charge in [-0.05, 0) is 31.9 Å². The summed E-state index contributed by atoms with van der Waals surface area (Å²) in [6.45, 7) is 0.302. The second-order valence-corrected chi connectivity index (χ2v) is 31.4. The van der Waals surface area contributed by atoms with E-state index in [2.05, 4.69) is 239 Å². The van der Waals surface area contributed by atoms with Crippen molar-refractivity contribution in [3.63, 3.8) is 0 Å². The molecule has 0 fully saturated rings. The van der Waals surface area contributed by atoms with Crippen molar-refractivity contribution in [2.75, 3.05) is 0 Å². The summed E-state index contributed by atoms with van der Waals surface area (Å²) < 4.78 is -2.34. The van der Waals surface area contributed by atoms with E-state index in [0.29, 0.717) is 6.47 Å². The van der Waals surface area contributed by atoms with Crippen molar-refractivity contribution in [3.8, 4) is 0 Å². The maximum absolute atomic E-state index is 10.9. The molecule has 0 aliphatic heterocycles. The molecule has 0 saturated heterocycles. The molecule has 0 aromatic carbocycles. The Labute approximate surface area is 271 Å². The molecule has 0 unspecified atom stereocenters. The Morgan fingerprint density at radius 2 is 0.760 bits per heavy atom. The minimum atomic E-state index is -1.36. The summed E-state index contributed by atoms with van der Waals surface area (Å²) in [5.74, 6) is 0. The van der Waals surface area contributed by atoms with Crippen LogP contribution in [-0.2, 0) is 9.53 Å². The first-order valence-electron chi connectivity index (χ1n) is 5.01. The molecule has 2 nitrogen and oxygen atoms in total. The summed E-state index contributed by atoms with van der Waals surface area (Å²) in [7, 11) is 0. The third kappa shape index (κ3) is 6.03. The predicted molar refractivity (Wildman–Crippen MR) is 160 cm³/mol. The van der Waals surface area contributed by atoms with Gasteiger partial charge in [0.25, 0.3) is 6.47 Å². The van der Waals surface area contributed by atoms with Crippen molar-refractivity contribution >= 4 is 245 Å². The fourth-order valence-electron chi connectivity index (χ4n) is 1.09. The monoisotopic (exact) mass is 1310 g/mol. The molecule has 0 spiro atoms. The molecule has 0 aromatic heterocycles. The Balaban J connectivity index is 6.44. The van der Waals surface area contributed by atoms with E-state index in [1.165, 1.54) is 0 Å². The first-order chi connectivity index (χ1) is 10.6. The summed E-state index contributed by atoms with van der Waals surface area (Å²) >= 11 is 53.6. The summed E-state index contributed by atoms with van der Waals surface area (Å²) in [6.07, 6.45) is 0. The molecular formula is C8HBr15O2. The second kappa shape index (κ2) is 10.5. The largest absolute Gasteiger partial charge is 0.437 e. The van der Waals surface area contributed by atoms with Gasteiger partial charge in [-0.1, -0.05) is 207 Å². The van der Waals surface area contributed by atoms with Gasteiger partial charge in [-0.15, -0.1) is 0 Å². The van der Waals surface area contributed by atoms with Crippen LogP contribution < -0.4 is 0 Å². The number of hydrogen-bond acceptors (Lipinski definition) is 2. The smallest absolute Gasteiger partial charge is 0.295 e. The van der Waals surface area contributed by atoms with Crippen LogP contribution in [0.2, 0.25) is 0 Å². The van der Waals surface area contributed by atoms with Crippen LogP contribution in [0.25, 0.3) is 0 Å². The van der Waals surface area contributed by atoms with E-state index >= 15 is 0 Å². The summed E-state index contributed by atoms with van der Waals surface area (Å²) in [6, 6.07) is 0. The topological polar surface area (TPSA) is 26.3 Å². The van der Waals surface area contributed by atoms with E-state index in [1.54, 1.807) is 0 Å². The highest BCUT2D eigenvalue weighted by molar-refractivity contribution is 9.42. The lowest BCUT2D eigenvalue weighted by Crippen LogP contribution is -2.66. The molecule has 17 heteroatoms. The fraction of sp³-hybridized carbons (Fsp3) is 0.875. The lowest BCUT2D eigenvalue weighted by Gasteiger charge is -2.55. The molecule has 0 heterocycles. The molecule has 0 amide bonds. The number of ether oxygens (including phenoxy) is 1. The minimum absolute atomic E-state index is 0.302. The highest BCUT2D eigenvalue weighted by Gasteiger charge is 2.76. The van der Waals surface area contributed by atoms with Crippen LogP contribution in [0.15, 0.2) is 0 Å². The van der Waals surface area contributed by atoms with Crippen LogP contribution in [0.5, 0.6) is 0 Å². The molecule has 0 aliphatic rings. The third-order valence-corrected chi connectivity index (χ3v) is 31.5. The van der Waals surface area contributed by atoms with E-state index in [4.69, 9.17) is 4.74 Å². The van der Waals surface area contributed by atoms with Gasteiger partial charge >= 0.3 is 0 Å². The van der Waals surface area contributed by atoms with Crippen molar-refractivity contribution in [2.24, 2.45) is 0 Å². The first-order valence-corrected chi connectivity index (χ1v) is 16.9. The van der Waals surface area contributed by atoms with Gasteiger partial charge in [-0.2, -0.15) is 0 Å². The lowest BCUT2D eigenvalue weighted by molar-refractivity contribution is -0.131. The zero-order valence-electron chi connectivity index (χ0n) is 10.6. The van der Waals surface area contributed by atoms with Crippen LogP contribution in [-0.4, -0.2) is 28.2 Å². The number of halogens is 15. The molecule has 0 atom stereocenters. The SMILES string of the molecule is O=COC(Br)(Br)C(Br)(Br)C(Br)(Br)C(Br)(Br)C(Br)(Br)C(Br)(Br)C(Br)(Br)Br. The molecule has 0 saturated carbocycles. The van der Waals surface area contributed by atoms with Crippen LogP contribution >= 0.6 is 239 Å². The zero-order valence-corrected chi connectivity index (χ0v) is 34.4. The third-order valence-electron chi connectivity index (χ3n) is 2.50. The van der Waals surface area contributed by atoms with Crippen molar-refractivity contribution in [1.29, 1.82) is 0 Å². The molecule has 0 bridgehead atoms. The quantitative estimate of drug-likeness (QED) is 0.188. The summed E-state index contributed by atoms with van der Waals surface area (Å²) in [5, 5.41) is 0. The number of rotatable bonds is 7. The molecule has 0 rings (SSSR count). The highest BCUT2D eigenvalue weighted by atomic mass is 80.0. The zero-order chi connectivity index (χ0) is 20.9. The van der Waals surface area contributed by atoms with E-state index in [9.17, 15) is 4.79 Å². The number of hydrogen-bond donors (Lipinski definition) is 0. The summed E-state index contributed by atoms with van der Waals surface area (Å²) in [4.78, 5) is 10.9. The molecule has 0 radical (unpaired) electrons. The molecule has 0 N–H and O–H groups in total. The van der Waals surface area contributed by atoms with Crippen molar-refractivity contribution in [2.45, 2.75) is 21.7 Å². The van der Waals surface area contributed by atoms with Gasteiger partial charge in [0, 0.05) is 0 Å². The molecule has 150 valence electrons. The van der Waals surface area contributed by atoms with Crippen LogP contribution in [0.1, 0.15) is 0 Å². The van der Waals surface area contributed by atoms with E-state index in [-0.39, 0.29) is 0 Å². The van der Waals surface area contributed by atoms with Crippen molar-refractivity contribution in [3.05, 3.63) is 0 Å². The number of carbonyl (C=O) groups excluding carboxylic acids is 1. The molecule has 25 heavy (non-hydrogen) atoms. The van der Waals surface area contributed by atoms with E-state index in [1.807, 2.05) is 0 Å². The van der Waals surface area contributed by atoms with Gasteiger partial charge in [-0.25, -0.2) is 0 Å². The standard InChI is InChI=1S/C8HBr15O2/c9-2(10,3(11,12)5(15,16)7(19,20)21)4(13,14)6(17,18)8(22,23)25-1-24/h1H. The average molecular weight is 1330 g/mol. The van der Waals surface area contributed by atoms with Crippen LogP contribution in [0, 0.1) is 0 Å². The minimum Gasteiger partial charge on any atom is -0.437 e. The normalized spacial score (nSPS) is 16.0. The lowest BCUT2D eigenvalue weighted by atomic mass is 10.1. The van der Waals surface area contributed by atoms with Gasteiger partial charge in [0.05, 0.1) is 0 Å². The highest BCUT2D eigenvalue weighted by Crippen LogP contribution is 2.76.